The van der Waals surface area contributed by atoms with Gasteiger partial charge in [-0.3, -0.25) is 4.90 Å². The average Bonchev–Trinajstić information content (AvgIpc) is 2.47. The van der Waals surface area contributed by atoms with E-state index in [4.69, 9.17) is 5.73 Å². The zero-order valence-corrected chi connectivity index (χ0v) is 8.28. The Labute approximate surface area is 83.5 Å². The van der Waals surface area contributed by atoms with Gasteiger partial charge < -0.3 is 5.73 Å². The number of likely N-dealkylation sites (tertiary alicyclic amines) is 1. The summed E-state index contributed by atoms with van der Waals surface area (Å²) in [7, 11) is 1.96. The van der Waals surface area contributed by atoms with Crippen LogP contribution in [0.25, 0.3) is 0 Å². The number of nitrogens with zero attached hydrogens (tertiary/aromatic N) is 1. The highest BCUT2D eigenvalue weighted by atomic mass is 19.1. The lowest BCUT2D eigenvalue weighted by molar-refractivity contribution is 0.297. The molecule has 0 aliphatic carbocycles. The smallest absolute Gasteiger partial charge is 0.115 e. The van der Waals surface area contributed by atoms with E-state index in [0.29, 0.717) is 13.0 Å². The fourth-order valence-corrected chi connectivity index (χ4v) is 2.05. The maximum absolute atomic E-state index is 13.1. The van der Waals surface area contributed by atoms with Crippen molar-refractivity contribution in [3.05, 3.63) is 29.8 Å². The fourth-order valence-electron chi connectivity index (χ4n) is 2.05. The van der Waals surface area contributed by atoms with E-state index < -0.39 is 6.17 Å². The molecular weight excluding hydrogens is 179 g/mol. The van der Waals surface area contributed by atoms with Crippen LogP contribution in [0.5, 0.6) is 0 Å². The van der Waals surface area contributed by atoms with Gasteiger partial charge in [0.1, 0.15) is 6.17 Å². The zero-order valence-electron chi connectivity index (χ0n) is 8.28. The van der Waals surface area contributed by atoms with E-state index in [1.807, 2.05) is 31.3 Å². The van der Waals surface area contributed by atoms with Crippen molar-refractivity contribution in [2.75, 3.05) is 19.3 Å². The molecule has 0 amide bonds. The van der Waals surface area contributed by atoms with Crippen LogP contribution >= 0.6 is 0 Å². The van der Waals surface area contributed by atoms with Crippen LogP contribution in [0, 0.1) is 0 Å². The van der Waals surface area contributed by atoms with Crippen molar-refractivity contribution in [3.8, 4) is 0 Å². The van der Waals surface area contributed by atoms with Gasteiger partial charge in [0.2, 0.25) is 0 Å². The summed E-state index contributed by atoms with van der Waals surface area (Å²) < 4.78 is 13.1. The molecule has 1 aromatic carbocycles. The van der Waals surface area contributed by atoms with E-state index in [-0.39, 0.29) is 6.04 Å². The highest BCUT2D eigenvalue weighted by Gasteiger charge is 2.30. The second kappa shape index (κ2) is 3.58. The molecule has 3 heteroatoms. The quantitative estimate of drug-likeness (QED) is 0.693. The molecule has 0 saturated carbocycles. The second-order valence-corrected chi connectivity index (χ2v) is 3.96. The van der Waals surface area contributed by atoms with Crippen LogP contribution in [-0.2, 0) is 0 Å². The van der Waals surface area contributed by atoms with Crippen LogP contribution < -0.4 is 5.73 Å². The van der Waals surface area contributed by atoms with Crippen molar-refractivity contribution < 1.29 is 4.39 Å². The van der Waals surface area contributed by atoms with E-state index in [2.05, 4.69) is 4.90 Å². The molecule has 2 N–H and O–H groups in total. The Morgan fingerprint density at radius 2 is 2.00 bits per heavy atom. The molecule has 0 aromatic heterocycles. The SMILES string of the molecule is CN1CC(F)CC1c1ccc(N)cc1. The first-order chi connectivity index (χ1) is 6.66. The van der Waals surface area contributed by atoms with Gasteiger partial charge in [-0.15, -0.1) is 0 Å². The number of nitrogen functional groups attached to an aromatic ring is 1. The van der Waals surface area contributed by atoms with E-state index in [0.717, 1.165) is 11.3 Å². The van der Waals surface area contributed by atoms with Gasteiger partial charge in [0, 0.05) is 18.3 Å². The standard InChI is InChI=1S/C11H15FN2/c1-14-7-9(12)6-11(14)8-2-4-10(13)5-3-8/h2-5,9,11H,6-7,13H2,1H3. The Morgan fingerprint density at radius 3 is 2.50 bits per heavy atom. The Kier molecular flexibility index (Phi) is 2.42. The summed E-state index contributed by atoms with van der Waals surface area (Å²) in [6.07, 6.45) is -0.0944. The van der Waals surface area contributed by atoms with E-state index in [1.165, 1.54) is 0 Å². The second-order valence-electron chi connectivity index (χ2n) is 3.96. The first-order valence-electron chi connectivity index (χ1n) is 4.86. The summed E-state index contributed by atoms with van der Waals surface area (Å²) in [4.78, 5) is 2.05. The van der Waals surface area contributed by atoms with Gasteiger partial charge in [0.15, 0.2) is 0 Å². The molecule has 1 saturated heterocycles. The molecule has 14 heavy (non-hydrogen) atoms. The van der Waals surface area contributed by atoms with Crippen LogP contribution in [0.15, 0.2) is 24.3 Å². The van der Waals surface area contributed by atoms with E-state index in [1.54, 1.807) is 0 Å². The van der Waals surface area contributed by atoms with Crippen LogP contribution in [0.3, 0.4) is 0 Å². The predicted octanol–water partition coefficient (Wildman–Crippen LogP) is 1.98. The minimum absolute atomic E-state index is 0.214. The lowest BCUT2D eigenvalue weighted by atomic mass is 10.0. The lowest BCUT2D eigenvalue weighted by Gasteiger charge is -2.19. The third-order valence-corrected chi connectivity index (χ3v) is 2.82. The van der Waals surface area contributed by atoms with Gasteiger partial charge >= 0.3 is 0 Å². The summed E-state index contributed by atoms with van der Waals surface area (Å²) in [5.74, 6) is 0. The molecule has 1 heterocycles. The van der Waals surface area contributed by atoms with Gasteiger partial charge in [0.05, 0.1) is 0 Å². The number of rotatable bonds is 1. The van der Waals surface area contributed by atoms with Gasteiger partial charge in [-0.1, -0.05) is 12.1 Å². The molecule has 1 aromatic rings. The Bertz CT molecular complexity index is 310. The van der Waals surface area contributed by atoms with Crippen molar-refractivity contribution in [2.45, 2.75) is 18.6 Å². The molecule has 1 aliphatic heterocycles. The molecule has 2 rings (SSSR count). The summed E-state index contributed by atoms with van der Waals surface area (Å²) in [6, 6.07) is 7.91. The maximum atomic E-state index is 13.1. The Morgan fingerprint density at radius 1 is 1.36 bits per heavy atom. The molecule has 0 radical (unpaired) electrons. The largest absolute Gasteiger partial charge is 0.399 e. The molecule has 1 aliphatic rings. The van der Waals surface area contributed by atoms with Crippen molar-refractivity contribution in [3.63, 3.8) is 0 Å². The highest BCUT2D eigenvalue weighted by Crippen LogP contribution is 2.32. The number of hydrogen-bond acceptors (Lipinski definition) is 2. The minimum Gasteiger partial charge on any atom is -0.399 e. The van der Waals surface area contributed by atoms with Gasteiger partial charge in [0.25, 0.3) is 0 Å². The average molecular weight is 194 g/mol. The maximum Gasteiger partial charge on any atom is 0.115 e. The molecule has 0 bridgehead atoms. The molecule has 1 fully saturated rings. The van der Waals surface area contributed by atoms with Crippen molar-refractivity contribution >= 4 is 5.69 Å². The molecule has 2 nitrogen and oxygen atoms in total. The number of halogens is 1. The normalized spacial score (nSPS) is 28.1. The number of nitrogens with two attached hydrogens (primary N) is 1. The minimum atomic E-state index is -0.692. The summed E-state index contributed by atoms with van der Waals surface area (Å²) in [5.41, 5.74) is 7.51. The third kappa shape index (κ3) is 1.73. The van der Waals surface area contributed by atoms with Crippen LogP contribution in [0.2, 0.25) is 0 Å². The lowest BCUT2D eigenvalue weighted by Crippen LogP contribution is -2.18. The molecule has 2 atom stereocenters. The van der Waals surface area contributed by atoms with Gasteiger partial charge in [-0.2, -0.15) is 0 Å². The van der Waals surface area contributed by atoms with Crippen LogP contribution in [0.1, 0.15) is 18.0 Å². The fraction of sp³-hybridized carbons (Fsp3) is 0.455. The number of anilines is 1. The Balaban J connectivity index is 2.19. The Hall–Kier alpha value is -1.09. The van der Waals surface area contributed by atoms with E-state index >= 15 is 0 Å². The predicted molar refractivity (Wildman–Crippen MR) is 55.7 cm³/mol. The van der Waals surface area contributed by atoms with Crippen LogP contribution in [-0.4, -0.2) is 24.7 Å². The van der Waals surface area contributed by atoms with Crippen molar-refractivity contribution in [1.29, 1.82) is 0 Å². The van der Waals surface area contributed by atoms with Crippen molar-refractivity contribution in [1.82, 2.24) is 4.90 Å². The first-order valence-corrected chi connectivity index (χ1v) is 4.86. The third-order valence-electron chi connectivity index (χ3n) is 2.82. The summed E-state index contributed by atoms with van der Waals surface area (Å²) in [6.45, 7) is 0.537. The van der Waals surface area contributed by atoms with Gasteiger partial charge in [-0.25, -0.2) is 4.39 Å². The first kappa shape index (κ1) is 9.46. The molecule has 2 unspecified atom stereocenters. The van der Waals surface area contributed by atoms with Crippen LogP contribution in [0.4, 0.5) is 10.1 Å². The summed E-state index contributed by atoms with van der Waals surface area (Å²) >= 11 is 0. The molecular formula is C11H15FN2. The number of alkyl halides is 1. The van der Waals surface area contributed by atoms with Crippen molar-refractivity contribution in [2.24, 2.45) is 0 Å². The van der Waals surface area contributed by atoms with E-state index in [9.17, 15) is 4.39 Å². The molecule has 0 spiro atoms. The topological polar surface area (TPSA) is 29.3 Å². The molecule has 76 valence electrons. The zero-order chi connectivity index (χ0) is 10.1. The number of benzene rings is 1. The monoisotopic (exact) mass is 194 g/mol. The highest BCUT2D eigenvalue weighted by molar-refractivity contribution is 5.40. The van der Waals surface area contributed by atoms with Gasteiger partial charge in [-0.05, 0) is 31.2 Å². The summed E-state index contributed by atoms with van der Waals surface area (Å²) in [5, 5.41) is 0. The number of hydrogen-bond donors (Lipinski definition) is 1.